The van der Waals surface area contributed by atoms with Gasteiger partial charge in [0, 0.05) is 18.5 Å². The first kappa shape index (κ1) is 15.3. The van der Waals surface area contributed by atoms with Crippen molar-refractivity contribution in [2.75, 3.05) is 24.8 Å². The predicted octanol–water partition coefficient (Wildman–Crippen LogP) is 1.02. The molecule has 1 aromatic rings. The van der Waals surface area contributed by atoms with Crippen molar-refractivity contribution < 1.29 is 14.3 Å². The van der Waals surface area contributed by atoms with Gasteiger partial charge in [-0.2, -0.15) is 0 Å². The van der Waals surface area contributed by atoms with E-state index in [0.29, 0.717) is 17.8 Å². The smallest absolute Gasteiger partial charge is 0.246 e. The number of fused-ring (bicyclic) bond motifs is 1. The molecule has 0 spiro atoms. The lowest BCUT2D eigenvalue weighted by Gasteiger charge is -2.27. The molecule has 1 atom stereocenters. The van der Waals surface area contributed by atoms with Gasteiger partial charge in [0.2, 0.25) is 11.8 Å². The number of methoxy groups -OCH3 is 1. The molecular formula is C15H21N3O3. The zero-order valence-electron chi connectivity index (χ0n) is 12.5. The van der Waals surface area contributed by atoms with Crippen molar-refractivity contribution in [2.45, 2.75) is 31.7 Å². The van der Waals surface area contributed by atoms with Crippen LogP contribution in [0.3, 0.4) is 0 Å². The second kappa shape index (κ2) is 5.73. The van der Waals surface area contributed by atoms with Gasteiger partial charge in [0.15, 0.2) is 0 Å². The first-order chi connectivity index (χ1) is 9.83. The van der Waals surface area contributed by atoms with Crippen LogP contribution in [-0.2, 0) is 19.7 Å². The summed E-state index contributed by atoms with van der Waals surface area (Å²) in [5.41, 5.74) is 7.81. The van der Waals surface area contributed by atoms with Crippen molar-refractivity contribution >= 4 is 23.2 Å². The van der Waals surface area contributed by atoms with Crippen LogP contribution in [0.5, 0.6) is 0 Å². The molecule has 2 amide bonds. The molecule has 0 saturated carbocycles. The van der Waals surface area contributed by atoms with Gasteiger partial charge in [0.1, 0.15) is 12.6 Å². The lowest BCUT2D eigenvalue weighted by Crippen LogP contribution is -2.46. The number of ether oxygens (including phenoxy) is 1. The largest absolute Gasteiger partial charge is 0.399 e. The maximum absolute atomic E-state index is 12.3. The van der Waals surface area contributed by atoms with Crippen LogP contribution < -0.4 is 16.4 Å². The molecule has 0 aromatic heterocycles. The molecule has 114 valence electrons. The van der Waals surface area contributed by atoms with Crippen LogP contribution in [0.4, 0.5) is 11.4 Å². The third kappa shape index (κ3) is 3.33. The van der Waals surface area contributed by atoms with Crippen molar-refractivity contribution in [1.29, 1.82) is 0 Å². The molecule has 0 aliphatic carbocycles. The van der Waals surface area contributed by atoms with Crippen molar-refractivity contribution in [3.05, 3.63) is 23.8 Å². The van der Waals surface area contributed by atoms with E-state index in [1.807, 2.05) is 26.0 Å². The number of nitrogens with two attached hydrogens (primary N) is 1. The van der Waals surface area contributed by atoms with Crippen LogP contribution in [0.15, 0.2) is 18.2 Å². The van der Waals surface area contributed by atoms with E-state index in [-0.39, 0.29) is 23.8 Å². The van der Waals surface area contributed by atoms with Crippen molar-refractivity contribution in [3.63, 3.8) is 0 Å². The summed E-state index contributed by atoms with van der Waals surface area (Å²) in [6.07, 6.45) is 0.505. The molecule has 1 aliphatic rings. The summed E-state index contributed by atoms with van der Waals surface area (Å²) in [4.78, 5) is 24.0. The highest BCUT2D eigenvalue weighted by molar-refractivity contribution is 5.99. The Labute approximate surface area is 124 Å². The normalized spacial score (nSPS) is 20.1. The average Bonchev–Trinajstić information content (AvgIpc) is 2.45. The van der Waals surface area contributed by atoms with Gasteiger partial charge < -0.3 is 21.1 Å². The SMILES string of the molecule is COCC(=O)NC1CC(C)(C)c2ccc(N)cc2NC1=O. The second-order valence-electron chi connectivity index (χ2n) is 5.94. The lowest BCUT2D eigenvalue weighted by atomic mass is 9.79. The van der Waals surface area contributed by atoms with Gasteiger partial charge in [0.05, 0.1) is 0 Å². The Bertz CT molecular complexity index is 569. The quantitative estimate of drug-likeness (QED) is 0.725. The summed E-state index contributed by atoms with van der Waals surface area (Å²) in [5.74, 6) is -0.546. The molecule has 1 heterocycles. The van der Waals surface area contributed by atoms with Crippen LogP contribution in [-0.4, -0.2) is 31.6 Å². The van der Waals surface area contributed by atoms with Crippen molar-refractivity contribution in [3.8, 4) is 0 Å². The lowest BCUT2D eigenvalue weighted by molar-refractivity contribution is -0.129. The Kier molecular flexibility index (Phi) is 4.18. The number of nitrogen functional groups attached to an aromatic ring is 1. The number of carbonyl (C=O) groups is 2. The topological polar surface area (TPSA) is 93.4 Å². The van der Waals surface area contributed by atoms with E-state index in [4.69, 9.17) is 10.5 Å². The van der Waals surface area contributed by atoms with Crippen LogP contribution in [0.2, 0.25) is 0 Å². The van der Waals surface area contributed by atoms with E-state index in [1.165, 1.54) is 7.11 Å². The second-order valence-corrected chi connectivity index (χ2v) is 5.94. The zero-order valence-corrected chi connectivity index (χ0v) is 12.5. The van der Waals surface area contributed by atoms with Gasteiger partial charge in [0.25, 0.3) is 0 Å². The van der Waals surface area contributed by atoms with Crippen molar-refractivity contribution in [2.24, 2.45) is 0 Å². The van der Waals surface area contributed by atoms with Gasteiger partial charge in [-0.05, 0) is 29.5 Å². The average molecular weight is 291 g/mol. The molecule has 2 rings (SSSR count). The van der Waals surface area contributed by atoms with Gasteiger partial charge >= 0.3 is 0 Å². The summed E-state index contributed by atoms with van der Waals surface area (Å²) >= 11 is 0. The Morgan fingerprint density at radius 3 is 2.90 bits per heavy atom. The predicted molar refractivity (Wildman–Crippen MR) is 80.9 cm³/mol. The van der Waals surface area contributed by atoms with Crippen LogP contribution in [0, 0.1) is 0 Å². The van der Waals surface area contributed by atoms with Crippen LogP contribution >= 0.6 is 0 Å². The fourth-order valence-electron chi connectivity index (χ4n) is 2.67. The fourth-order valence-corrected chi connectivity index (χ4v) is 2.67. The van der Waals surface area contributed by atoms with Gasteiger partial charge in [-0.1, -0.05) is 19.9 Å². The highest BCUT2D eigenvalue weighted by Crippen LogP contribution is 2.37. The summed E-state index contributed by atoms with van der Waals surface area (Å²) < 4.78 is 4.78. The van der Waals surface area contributed by atoms with Crippen LogP contribution in [0.1, 0.15) is 25.8 Å². The third-order valence-corrected chi connectivity index (χ3v) is 3.67. The molecule has 0 saturated heterocycles. The summed E-state index contributed by atoms with van der Waals surface area (Å²) in [6, 6.07) is 4.88. The number of hydrogen-bond donors (Lipinski definition) is 3. The van der Waals surface area contributed by atoms with E-state index in [2.05, 4.69) is 10.6 Å². The van der Waals surface area contributed by atoms with E-state index in [1.54, 1.807) is 6.07 Å². The van der Waals surface area contributed by atoms with Gasteiger partial charge in [-0.3, -0.25) is 9.59 Å². The number of nitrogens with one attached hydrogen (secondary N) is 2. The Hall–Kier alpha value is -2.08. The molecule has 21 heavy (non-hydrogen) atoms. The molecule has 1 aromatic carbocycles. The number of carbonyl (C=O) groups excluding carboxylic acids is 2. The van der Waals surface area contributed by atoms with Crippen molar-refractivity contribution in [1.82, 2.24) is 5.32 Å². The summed E-state index contributed by atoms with van der Waals surface area (Å²) in [5, 5.41) is 5.55. The number of hydrogen-bond acceptors (Lipinski definition) is 4. The third-order valence-electron chi connectivity index (χ3n) is 3.67. The molecule has 0 fully saturated rings. The first-order valence-electron chi connectivity index (χ1n) is 6.82. The highest BCUT2D eigenvalue weighted by atomic mass is 16.5. The Morgan fingerprint density at radius 1 is 1.52 bits per heavy atom. The molecule has 6 nitrogen and oxygen atoms in total. The van der Waals surface area contributed by atoms with E-state index >= 15 is 0 Å². The standard InChI is InChI=1S/C15H21N3O3/c1-15(2)7-12(17-13(19)8-21-3)14(20)18-11-6-9(16)4-5-10(11)15/h4-6,12H,7-8,16H2,1-3H3,(H,17,19)(H,18,20). The molecule has 0 bridgehead atoms. The first-order valence-corrected chi connectivity index (χ1v) is 6.82. The van der Waals surface area contributed by atoms with E-state index < -0.39 is 6.04 Å². The molecule has 1 unspecified atom stereocenters. The number of amides is 2. The Balaban J connectivity index is 2.29. The van der Waals surface area contributed by atoms with E-state index in [9.17, 15) is 9.59 Å². The van der Waals surface area contributed by atoms with Crippen LogP contribution in [0.25, 0.3) is 0 Å². The zero-order chi connectivity index (χ0) is 15.6. The Morgan fingerprint density at radius 2 is 2.24 bits per heavy atom. The number of rotatable bonds is 3. The minimum atomic E-state index is -0.601. The summed E-state index contributed by atoms with van der Waals surface area (Å²) in [6.45, 7) is 4.01. The van der Waals surface area contributed by atoms with E-state index in [0.717, 1.165) is 5.56 Å². The minimum Gasteiger partial charge on any atom is -0.399 e. The molecule has 6 heteroatoms. The van der Waals surface area contributed by atoms with Gasteiger partial charge in [-0.25, -0.2) is 0 Å². The fraction of sp³-hybridized carbons (Fsp3) is 0.467. The highest BCUT2D eigenvalue weighted by Gasteiger charge is 2.35. The number of benzene rings is 1. The van der Waals surface area contributed by atoms with Gasteiger partial charge in [-0.15, -0.1) is 0 Å². The number of anilines is 2. The minimum absolute atomic E-state index is 0.0654. The maximum atomic E-state index is 12.3. The molecule has 1 aliphatic heterocycles. The monoisotopic (exact) mass is 291 g/mol. The molecule has 0 radical (unpaired) electrons. The molecular weight excluding hydrogens is 270 g/mol. The molecule has 4 N–H and O–H groups in total. The maximum Gasteiger partial charge on any atom is 0.246 e. The summed E-state index contributed by atoms with van der Waals surface area (Å²) in [7, 11) is 1.44.